The van der Waals surface area contributed by atoms with Crippen LogP contribution in [0.25, 0.3) is 10.9 Å². The van der Waals surface area contributed by atoms with Crippen LogP contribution in [0.4, 0.5) is 16.3 Å². The highest BCUT2D eigenvalue weighted by atomic mass is 32.1. The molecule has 10 nitrogen and oxygen atoms in total. The van der Waals surface area contributed by atoms with Crippen LogP contribution in [0.3, 0.4) is 0 Å². The van der Waals surface area contributed by atoms with Crippen LogP contribution in [0.15, 0.2) is 59.6 Å². The SMILES string of the molecule is CC(C)(C)OC(=O)Nc1csc(C(=O)N2CCc3c2ccc2[nH]c(C(=O)N4CC5CC56C4=CC(=O)c4ccccc46)cc32)n1. The average molecular weight is 608 g/mol. The number of hydrogen-bond acceptors (Lipinski definition) is 7. The molecule has 44 heavy (non-hydrogen) atoms. The standard InChI is InChI=1S/C33H29N5O5S/c1-32(2,3)43-31(42)36-27-16-44-28(35-27)30(41)37-11-10-18-20-12-23(34-22(20)8-9-24(18)37)29(40)38-15-17-14-33(17)21-7-5-4-6-19(21)25(39)13-26(33)38/h4-9,12-13,16-17,34H,10-11,14-15H2,1-3H3,(H,36,42). The Morgan fingerprint density at radius 3 is 2.75 bits per heavy atom. The molecule has 2 aromatic carbocycles. The molecule has 222 valence electrons. The van der Waals surface area contributed by atoms with Gasteiger partial charge in [0, 0.05) is 57.8 Å². The van der Waals surface area contributed by atoms with Crippen LogP contribution in [-0.2, 0) is 16.6 Å². The number of carbonyl (C=O) groups excluding carboxylic acids is 4. The number of benzene rings is 2. The van der Waals surface area contributed by atoms with Crippen molar-refractivity contribution in [3.8, 4) is 0 Å². The lowest BCUT2D eigenvalue weighted by atomic mass is 9.81. The Hall–Kier alpha value is -4.77. The number of ether oxygens (including phenoxy) is 1. The summed E-state index contributed by atoms with van der Waals surface area (Å²) >= 11 is 1.15. The number of thiazole rings is 1. The van der Waals surface area contributed by atoms with E-state index in [2.05, 4.69) is 15.3 Å². The summed E-state index contributed by atoms with van der Waals surface area (Å²) in [7, 11) is 0. The van der Waals surface area contributed by atoms with Crippen molar-refractivity contribution in [2.75, 3.05) is 23.3 Å². The maximum atomic E-state index is 13.9. The third-order valence-electron chi connectivity index (χ3n) is 9.00. The van der Waals surface area contributed by atoms with Gasteiger partial charge < -0.3 is 19.5 Å². The van der Waals surface area contributed by atoms with Gasteiger partial charge >= 0.3 is 6.09 Å². The number of fused-ring (bicyclic) bond motifs is 4. The minimum Gasteiger partial charge on any atom is -0.444 e. The number of rotatable bonds is 3. The number of H-pyrrole nitrogens is 1. The van der Waals surface area contributed by atoms with Crippen LogP contribution < -0.4 is 10.2 Å². The number of hydrogen-bond donors (Lipinski definition) is 2. The summed E-state index contributed by atoms with van der Waals surface area (Å²) in [5.74, 6) is 0.104. The maximum absolute atomic E-state index is 13.9. The van der Waals surface area contributed by atoms with Crippen molar-refractivity contribution in [2.45, 2.75) is 44.6 Å². The number of likely N-dealkylation sites (tertiary alicyclic amines) is 1. The number of allylic oxidation sites excluding steroid dienone is 2. The Kier molecular flexibility index (Phi) is 5.56. The second-order valence-corrected chi connectivity index (χ2v) is 13.7. The van der Waals surface area contributed by atoms with E-state index in [-0.39, 0.29) is 33.8 Å². The lowest BCUT2D eigenvalue weighted by Gasteiger charge is -2.29. The largest absolute Gasteiger partial charge is 0.444 e. The summed E-state index contributed by atoms with van der Waals surface area (Å²) in [6.07, 6.45) is 2.61. The number of aromatic nitrogens is 2. The smallest absolute Gasteiger partial charge is 0.413 e. The third kappa shape index (κ3) is 3.95. The highest BCUT2D eigenvalue weighted by molar-refractivity contribution is 7.12. The highest BCUT2D eigenvalue weighted by Gasteiger charge is 2.67. The molecule has 0 bridgehead atoms. The van der Waals surface area contributed by atoms with E-state index in [1.54, 1.807) is 42.0 Å². The normalized spacial score (nSPS) is 21.4. The first-order valence-corrected chi connectivity index (χ1v) is 15.5. The van der Waals surface area contributed by atoms with Gasteiger partial charge in [-0.2, -0.15) is 0 Å². The molecule has 2 N–H and O–H groups in total. The third-order valence-corrected chi connectivity index (χ3v) is 9.83. The fourth-order valence-corrected chi connectivity index (χ4v) is 7.81. The van der Waals surface area contributed by atoms with E-state index in [1.165, 1.54) is 0 Å². The van der Waals surface area contributed by atoms with Crippen LogP contribution in [0, 0.1) is 5.92 Å². The van der Waals surface area contributed by atoms with Crippen molar-refractivity contribution < 1.29 is 23.9 Å². The molecule has 4 aliphatic rings. The molecule has 4 aromatic rings. The van der Waals surface area contributed by atoms with E-state index < -0.39 is 11.7 Å². The van der Waals surface area contributed by atoms with Crippen molar-refractivity contribution in [3.05, 3.63) is 87.0 Å². The van der Waals surface area contributed by atoms with Crippen molar-refractivity contribution >= 4 is 57.4 Å². The molecule has 2 aromatic heterocycles. The van der Waals surface area contributed by atoms with E-state index in [0.29, 0.717) is 31.1 Å². The number of aromatic amines is 1. The number of ketones is 1. The highest BCUT2D eigenvalue weighted by Crippen LogP contribution is 2.66. The number of amides is 3. The summed E-state index contributed by atoms with van der Waals surface area (Å²) < 4.78 is 5.27. The van der Waals surface area contributed by atoms with E-state index in [4.69, 9.17) is 4.74 Å². The van der Waals surface area contributed by atoms with Gasteiger partial charge in [-0.05, 0) is 68.9 Å². The molecular weight excluding hydrogens is 578 g/mol. The monoisotopic (exact) mass is 607 g/mol. The Morgan fingerprint density at radius 2 is 1.93 bits per heavy atom. The Morgan fingerprint density at radius 1 is 1.11 bits per heavy atom. The fraction of sp³-hybridized carbons (Fsp3) is 0.303. The molecule has 2 fully saturated rings. The molecule has 8 rings (SSSR count). The summed E-state index contributed by atoms with van der Waals surface area (Å²) in [6.45, 7) is 6.37. The Labute approximate surface area is 256 Å². The topological polar surface area (TPSA) is 125 Å². The second-order valence-electron chi connectivity index (χ2n) is 12.8. The molecule has 2 aliphatic carbocycles. The van der Waals surface area contributed by atoms with Crippen molar-refractivity contribution in [1.29, 1.82) is 0 Å². The molecule has 4 heterocycles. The minimum atomic E-state index is -0.651. The van der Waals surface area contributed by atoms with Gasteiger partial charge in [0.05, 0.1) is 0 Å². The van der Waals surface area contributed by atoms with E-state index in [1.807, 2.05) is 42.5 Å². The van der Waals surface area contributed by atoms with Gasteiger partial charge in [-0.15, -0.1) is 11.3 Å². The molecule has 1 saturated heterocycles. The molecule has 1 spiro atoms. The Balaban J connectivity index is 1.04. The van der Waals surface area contributed by atoms with E-state index in [9.17, 15) is 19.2 Å². The first-order valence-electron chi connectivity index (χ1n) is 14.6. The molecule has 1 saturated carbocycles. The lowest BCUT2D eigenvalue weighted by molar-refractivity contribution is 0.0634. The van der Waals surface area contributed by atoms with Gasteiger partial charge in [0.2, 0.25) is 0 Å². The molecule has 2 unspecified atom stereocenters. The molecule has 3 amide bonds. The fourth-order valence-electron chi connectivity index (χ4n) is 7.12. The summed E-state index contributed by atoms with van der Waals surface area (Å²) in [6, 6.07) is 13.4. The zero-order chi connectivity index (χ0) is 30.5. The first kappa shape index (κ1) is 26.8. The molecule has 2 aliphatic heterocycles. The lowest BCUT2D eigenvalue weighted by Crippen LogP contribution is -2.33. The summed E-state index contributed by atoms with van der Waals surface area (Å²) in [5, 5.41) is 5.34. The van der Waals surface area contributed by atoms with Crippen LogP contribution in [0.5, 0.6) is 0 Å². The van der Waals surface area contributed by atoms with Crippen LogP contribution in [0.1, 0.15) is 69.0 Å². The first-order chi connectivity index (χ1) is 21.0. The predicted octanol–water partition coefficient (Wildman–Crippen LogP) is 5.67. The zero-order valence-corrected chi connectivity index (χ0v) is 25.2. The number of nitrogens with zero attached hydrogens (tertiary/aromatic N) is 3. The van der Waals surface area contributed by atoms with Crippen molar-refractivity contribution in [1.82, 2.24) is 14.9 Å². The van der Waals surface area contributed by atoms with Gasteiger partial charge in [-0.1, -0.05) is 24.3 Å². The van der Waals surface area contributed by atoms with Crippen LogP contribution in [0.2, 0.25) is 0 Å². The van der Waals surface area contributed by atoms with Crippen LogP contribution in [-0.4, -0.2) is 57.2 Å². The number of nitrogens with one attached hydrogen (secondary N) is 2. The molecule has 11 heteroatoms. The summed E-state index contributed by atoms with van der Waals surface area (Å²) in [5.41, 5.74) is 4.72. The molecular formula is C33H29N5O5S. The van der Waals surface area contributed by atoms with Crippen LogP contribution >= 0.6 is 11.3 Å². The number of piperidine rings is 1. The van der Waals surface area contributed by atoms with Gasteiger partial charge in [0.1, 0.15) is 17.1 Å². The summed E-state index contributed by atoms with van der Waals surface area (Å²) in [4.78, 5) is 63.5. The quantitative estimate of drug-likeness (QED) is 0.309. The predicted molar refractivity (Wildman–Crippen MR) is 165 cm³/mol. The van der Waals surface area contributed by atoms with Gasteiger partial charge in [0.15, 0.2) is 10.8 Å². The molecule has 0 radical (unpaired) electrons. The van der Waals surface area contributed by atoms with Gasteiger partial charge in [-0.25, -0.2) is 9.78 Å². The minimum absolute atomic E-state index is 0.0567. The second kappa shape index (κ2) is 9.12. The maximum Gasteiger partial charge on any atom is 0.413 e. The van der Waals surface area contributed by atoms with Gasteiger partial charge in [-0.3, -0.25) is 19.7 Å². The van der Waals surface area contributed by atoms with Gasteiger partial charge in [0.25, 0.3) is 11.8 Å². The van der Waals surface area contributed by atoms with E-state index >= 15 is 0 Å². The average Bonchev–Trinajstić information content (AvgIpc) is 3.47. The molecule has 2 atom stereocenters. The number of anilines is 2. The van der Waals surface area contributed by atoms with Crippen molar-refractivity contribution in [3.63, 3.8) is 0 Å². The number of carbonyl (C=O) groups is 4. The Bertz CT molecular complexity index is 1980. The zero-order valence-electron chi connectivity index (χ0n) is 24.4. The van der Waals surface area contributed by atoms with E-state index in [0.717, 1.165) is 56.7 Å². The van der Waals surface area contributed by atoms with Crippen molar-refractivity contribution in [2.24, 2.45) is 5.92 Å².